The molecule has 0 spiro atoms. The standard InChI is InChI=1S/C21H20N2O5/c1-13(24)16-4-2-3-5-17(16)22-21(26)14-10-20(25)23(12-14)15-6-7-18-19(11-15)28-9-8-27-18/h2-7,11,14H,8-10,12H2,1H3,(H,22,26)/t14-/m1/s1. The Labute approximate surface area is 162 Å². The molecule has 2 heterocycles. The second kappa shape index (κ2) is 7.34. The molecule has 0 aromatic heterocycles. The molecule has 0 unspecified atom stereocenters. The second-order valence-corrected chi connectivity index (χ2v) is 6.82. The summed E-state index contributed by atoms with van der Waals surface area (Å²) in [6.07, 6.45) is 0.114. The molecule has 2 aliphatic rings. The molecule has 1 atom stereocenters. The first kappa shape index (κ1) is 18.0. The zero-order chi connectivity index (χ0) is 19.7. The molecule has 1 N–H and O–H groups in total. The number of nitrogens with zero attached hydrogens (tertiary/aromatic N) is 1. The van der Waals surface area contributed by atoms with Crippen molar-refractivity contribution in [2.24, 2.45) is 5.92 Å². The lowest BCUT2D eigenvalue weighted by Gasteiger charge is -2.22. The lowest BCUT2D eigenvalue weighted by Crippen LogP contribution is -2.28. The summed E-state index contributed by atoms with van der Waals surface area (Å²) in [6.45, 7) is 2.68. The van der Waals surface area contributed by atoms with Crippen LogP contribution in [0.1, 0.15) is 23.7 Å². The van der Waals surface area contributed by atoms with Crippen LogP contribution in [0.5, 0.6) is 11.5 Å². The third-order valence-corrected chi connectivity index (χ3v) is 4.90. The maximum absolute atomic E-state index is 12.7. The van der Waals surface area contributed by atoms with E-state index in [1.807, 2.05) is 0 Å². The summed E-state index contributed by atoms with van der Waals surface area (Å²) >= 11 is 0. The highest BCUT2D eigenvalue weighted by atomic mass is 16.6. The van der Waals surface area contributed by atoms with Crippen LogP contribution in [0.25, 0.3) is 0 Å². The van der Waals surface area contributed by atoms with Crippen LogP contribution >= 0.6 is 0 Å². The molecule has 7 heteroatoms. The first-order chi connectivity index (χ1) is 13.5. The summed E-state index contributed by atoms with van der Waals surface area (Å²) in [5, 5.41) is 2.79. The van der Waals surface area contributed by atoms with Gasteiger partial charge in [0.1, 0.15) is 13.2 Å². The lowest BCUT2D eigenvalue weighted by molar-refractivity contribution is -0.122. The summed E-state index contributed by atoms with van der Waals surface area (Å²) in [5.41, 5.74) is 1.59. The average molecular weight is 380 g/mol. The van der Waals surface area contributed by atoms with Gasteiger partial charge < -0.3 is 19.7 Å². The summed E-state index contributed by atoms with van der Waals surface area (Å²) in [5.74, 6) is 0.215. The molecule has 1 fully saturated rings. The van der Waals surface area contributed by atoms with E-state index in [0.717, 1.165) is 0 Å². The molecule has 0 aliphatic carbocycles. The Bertz CT molecular complexity index is 956. The van der Waals surface area contributed by atoms with Crippen LogP contribution in [-0.4, -0.2) is 37.4 Å². The fraction of sp³-hybridized carbons (Fsp3) is 0.286. The van der Waals surface area contributed by atoms with E-state index in [1.54, 1.807) is 47.4 Å². The van der Waals surface area contributed by atoms with E-state index in [9.17, 15) is 14.4 Å². The number of hydrogen-bond donors (Lipinski definition) is 1. The molecule has 2 aliphatic heterocycles. The minimum atomic E-state index is -0.499. The van der Waals surface area contributed by atoms with Gasteiger partial charge in [0.15, 0.2) is 17.3 Å². The predicted octanol–water partition coefficient (Wildman–Crippen LogP) is 2.65. The maximum Gasteiger partial charge on any atom is 0.229 e. The number of benzene rings is 2. The molecule has 1 saturated heterocycles. The van der Waals surface area contributed by atoms with Gasteiger partial charge in [-0.15, -0.1) is 0 Å². The number of anilines is 2. The number of amides is 2. The molecule has 0 radical (unpaired) electrons. The topological polar surface area (TPSA) is 84.9 Å². The summed E-state index contributed by atoms with van der Waals surface area (Å²) in [6, 6.07) is 12.2. The van der Waals surface area contributed by atoms with Gasteiger partial charge in [-0.3, -0.25) is 14.4 Å². The van der Waals surface area contributed by atoms with E-state index in [1.165, 1.54) is 6.92 Å². The van der Waals surface area contributed by atoms with Crippen LogP contribution < -0.4 is 19.7 Å². The number of ketones is 1. The number of Topliss-reactive ketones (excluding diaryl/α,β-unsaturated/α-hetero) is 1. The number of fused-ring (bicyclic) bond motifs is 1. The lowest BCUT2D eigenvalue weighted by atomic mass is 10.1. The van der Waals surface area contributed by atoms with Gasteiger partial charge in [-0.2, -0.15) is 0 Å². The van der Waals surface area contributed by atoms with Gasteiger partial charge in [-0.25, -0.2) is 0 Å². The van der Waals surface area contributed by atoms with Gasteiger partial charge >= 0.3 is 0 Å². The molecule has 4 rings (SSSR count). The number of ether oxygens (including phenoxy) is 2. The maximum atomic E-state index is 12.7. The van der Waals surface area contributed by atoms with E-state index >= 15 is 0 Å². The highest BCUT2D eigenvalue weighted by Gasteiger charge is 2.36. The highest BCUT2D eigenvalue weighted by molar-refractivity contribution is 6.07. The van der Waals surface area contributed by atoms with Gasteiger partial charge in [0.25, 0.3) is 0 Å². The van der Waals surface area contributed by atoms with Crippen LogP contribution in [0.2, 0.25) is 0 Å². The van der Waals surface area contributed by atoms with Gasteiger partial charge in [-0.1, -0.05) is 12.1 Å². The number of carbonyl (C=O) groups is 3. The third-order valence-electron chi connectivity index (χ3n) is 4.90. The largest absolute Gasteiger partial charge is 0.486 e. The number of carbonyl (C=O) groups excluding carboxylic acids is 3. The smallest absolute Gasteiger partial charge is 0.229 e. The zero-order valence-electron chi connectivity index (χ0n) is 15.4. The Balaban J connectivity index is 1.49. The Morgan fingerprint density at radius 1 is 1.07 bits per heavy atom. The molecule has 0 bridgehead atoms. The van der Waals surface area contributed by atoms with Crippen LogP contribution in [0, 0.1) is 5.92 Å². The van der Waals surface area contributed by atoms with E-state index in [2.05, 4.69) is 5.32 Å². The quantitative estimate of drug-likeness (QED) is 0.825. The first-order valence-corrected chi connectivity index (χ1v) is 9.14. The van der Waals surface area contributed by atoms with Crippen molar-refractivity contribution in [1.82, 2.24) is 0 Å². The Hall–Kier alpha value is -3.35. The molecule has 0 saturated carbocycles. The zero-order valence-corrected chi connectivity index (χ0v) is 15.4. The molecule has 2 aromatic rings. The molecule has 28 heavy (non-hydrogen) atoms. The van der Waals surface area contributed by atoms with E-state index in [4.69, 9.17) is 9.47 Å². The van der Waals surface area contributed by atoms with Crippen molar-refractivity contribution in [3.63, 3.8) is 0 Å². The van der Waals surface area contributed by atoms with Crippen molar-refractivity contribution in [1.29, 1.82) is 0 Å². The minimum absolute atomic E-state index is 0.114. The minimum Gasteiger partial charge on any atom is -0.486 e. The van der Waals surface area contributed by atoms with Crippen molar-refractivity contribution in [2.45, 2.75) is 13.3 Å². The Kier molecular flexibility index (Phi) is 4.73. The fourth-order valence-corrected chi connectivity index (χ4v) is 3.47. The molecular weight excluding hydrogens is 360 g/mol. The summed E-state index contributed by atoms with van der Waals surface area (Å²) < 4.78 is 11.1. The van der Waals surface area contributed by atoms with Crippen molar-refractivity contribution in [2.75, 3.05) is 30.0 Å². The number of nitrogens with one attached hydrogen (secondary N) is 1. The van der Waals surface area contributed by atoms with Crippen molar-refractivity contribution < 1.29 is 23.9 Å². The van der Waals surface area contributed by atoms with Gasteiger partial charge in [0.2, 0.25) is 11.8 Å². The van der Waals surface area contributed by atoms with Crippen molar-refractivity contribution in [3.8, 4) is 11.5 Å². The number of para-hydroxylation sites is 1. The monoisotopic (exact) mass is 380 g/mol. The molecule has 2 aromatic carbocycles. The predicted molar refractivity (Wildman–Crippen MR) is 103 cm³/mol. The normalized spacial score (nSPS) is 18.1. The molecule has 7 nitrogen and oxygen atoms in total. The SMILES string of the molecule is CC(=O)c1ccccc1NC(=O)[C@@H]1CC(=O)N(c2ccc3c(c2)OCCO3)C1. The number of hydrogen-bond acceptors (Lipinski definition) is 5. The van der Waals surface area contributed by atoms with Gasteiger partial charge in [0, 0.05) is 30.3 Å². The fourth-order valence-electron chi connectivity index (χ4n) is 3.47. The first-order valence-electron chi connectivity index (χ1n) is 9.14. The molecule has 2 amide bonds. The average Bonchev–Trinajstić information content (AvgIpc) is 3.09. The van der Waals surface area contributed by atoms with Crippen molar-refractivity contribution >= 4 is 29.0 Å². The van der Waals surface area contributed by atoms with Gasteiger partial charge in [-0.05, 0) is 31.2 Å². The van der Waals surface area contributed by atoms with Crippen LogP contribution in [0.3, 0.4) is 0 Å². The van der Waals surface area contributed by atoms with Crippen LogP contribution in [-0.2, 0) is 9.59 Å². The van der Waals surface area contributed by atoms with E-state index < -0.39 is 5.92 Å². The van der Waals surface area contributed by atoms with Gasteiger partial charge in [0.05, 0.1) is 11.6 Å². The van der Waals surface area contributed by atoms with Crippen LogP contribution in [0.15, 0.2) is 42.5 Å². The van der Waals surface area contributed by atoms with Crippen molar-refractivity contribution in [3.05, 3.63) is 48.0 Å². The molecular formula is C21H20N2O5. The van der Waals surface area contributed by atoms with E-state index in [0.29, 0.717) is 41.7 Å². The summed E-state index contributed by atoms with van der Waals surface area (Å²) in [4.78, 5) is 38.5. The second-order valence-electron chi connectivity index (χ2n) is 6.82. The molecule has 144 valence electrons. The highest BCUT2D eigenvalue weighted by Crippen LogP contribution is 2.36. The summed E-state index contributed by atoms with van der Waals surface area (Å²) in [7, 11) is 0. The Morgan fingerprint density at radius 2 is 1.82 bits per heavy atom. The Morgan fingerprint density at radius 3 is 2.61 bits per heavy atom. The van der Waals surface area contributed by atoms with E-state index in [-0.39, 0.29) is 30.6 Å². The third kappa shape index (κ3) is 3.43. The number of rotatable bonds is 4. The van der Waals surface area contributed by atoms with Crippen LogP contribution in [0.4, 0.5) is 11.4 Å².